The van der Waals surface area contributed by atoms with Crippen molar-refractivity contribution in [1.82, 2.24) is 5.32 Å². The zero-order chi connectivity index (χ0) is 15.8. The van der Waals surface area contributed by atoms with Gasteiger partial charge < -0.3 is 10.1 Å². The van der Waals surface area contributed by atoms with Crippen molar-refractivity contribution in [3.8, 4) is 5.75 Å². The average molecular weight is 295 g/mol. The number of ether oxygens (including phenoxy) is 1. The molecule has 0 saturated carbocycles. The maximum atomic E-state index is 12.2. The molecule has 22 heavy (non-hydrogen) atoms. The molecule has 3 heteroatoms. The molecule has 1 N–H and O–H groups in total. The van der Waals surface area contributed by atoms with Crippen LogP contribution >= 0.6 is 0 Å². The molecule has 0 aliphatic rings. The largest absolute Gasteiger partial charge is 0.496 e. The number of nitrogens with one attached hydrogen (secondary N) is 1. The second kappa shape index (κ2) is 8.03. The van der Waals surface area contributed by atoms with E-state index < -0.39 is 0 Å². The monoisotopic (exact) mass is 295 g/mol. The van der Waals surface area contributed by atoms with Crippen LogP contribution in [-0.4, -0.2) is 13.0 Å². The van der Waals surface area contributed by atoms with Crippen LogP contribution in [0.25, 0.3) is 0 Å². The molecule has 0 saturated heterocycles. The summed E-state index contributed by atoms with van der Waals surface area (Å²) in [5.74, 6) is 0.764. The molecule has 0 heterocycles. The zero-order valence-electron chi connectivity index (χ0n) is 12.8. The third kappa shape index (κ3) is 3.98. The van der Waals surface area contributed by atoms with Gasteiger partial charge in [-0.05, 0) is 18.1 Å². The van der Waals surface area contributed by atoms with Gasteiger partial charge in [0, 0.05) is 12.0 Å². The smallest absolute Gasteiger partial charge is 0.221 e. The number of methoxy groups -OCH3 is 1. The quantitative estimate of drug-likeness (QED) is 0.788. The first kappa shape index (κ1) is 15.8. The van der Waals surface area contributed by atoms with Gasteiger partial charge in [0.1, 0.15) is 5.75 Å². The highest BCUT2D eigenvalue weighted by Gasteiger charge is 2.19. The summed E-state index contributed by atoms with van der Waals surface area (Å²) in [5.41, 5.74) is 1.97. The molecular weight excluding hydrogens is 274 g/mol. The van der Waals surface area contributed by atoms with E-state index in [1.807, 2.05) is 54.6 Å². The van der Waals surface area contributed by atoms with Gasteiger partial charge in [0.25, 0.3) is 0 Å². The molecular formula is C19H21NO2. The Labute approximate surface area is 131 Å². The van der Waals surface area contributed by atoms with Gasteiger partial charge in [-0.25, -0.2) is 0 Å². The summed E-state index contributed by atoms with van der Waals surface area (Å²) in [4.78, 5) is 12.2. The minimum Gasteiger partial charge on any atom is -0.496 e. The maximum Gasteiger partial charge on any atom is 0.221 e. The molecule has 2 rings (SSSR count). The van der Waals surface area contributed by atoms with Gasteiger partial charge in [0.15, 0.2) is 0 Å². The highest BCUT2D eigenvalue weighted by molar-refractivity contribution is 5.77. The van der Waals surface area contributed by atoms with Crippen molar-refractivity contribution < 1.29 is 9.53 Å². The molecule has 1 atom stereocenters. The lowest BCUT2D eigenvalue weighted by molar-refractivity contribution is -0.121. The lowest BCUT2D eigenvalue weighted by atomic mass is 9.97. The third-order valence-electron chi connectivity index (χ3n) is 3.46. The van der Waals surface area contributed by atoms with Crippen molar-refractivity contribution >= 4 is 5.91 Å². The molecule has 114 valence electrons. The lowest BCUT2D eigenvalue weighted by Crippen LogP contribution is -2.29. The molecule has 2 aromatic rings. The molecule has 1 amide bonds. The topological polar surface area (TPSA) is 38.3 Å². The summed E-state index contributed by atoms with van der Waals surface area (Å²) in [6, 6.07) is 17.4. The normalized spacial score (nSPS) is 11.5. The van der Waals surface area contributed by atoms with Crippen LogP contribution in [0.5, 0.6) is 5.75 Å². The first-order chi connectivity index (χ1) is 10.8. The first-order valence-corrected chi connectivity index (χ1v) is 7.34. The highest BCUT2D eigenvalue weighted by atomic mass is 16.5. The van der Waals surface area contributed by atoms with E-state index in [0.29, 0.717) is 12.8 Å². The van der Waals surface area contributed by atoms with Crippen LogP contribution in [0.3, 0.4) is 0 Å². The van der Waals surface area contributed by atoms with Gasteiger partial charge in [-0.3, -0.25) is 4.79 Å². The predicted molar refractivity (Wildman–Crippen MR) is 88.9 cm³/mol. The van der Waals surface area contributed by atoms with Crippen LogP contribution in [-0.2, 0) is 4.79 Å². The van der Waals surface area contributed by atoms with E-state index >= 15 is 0 Å². The van der Waals surface area contributed by atoms with Gasteiger partial charge in [0.2, 0.25) is 5.91 Å². The summed E-state index contributed by atoms with van der Waals surface area (Å²) in [7, 11) is 1.64. The molecule has 0 fully saturated rings. The Hall–Kier alpha value is -2.55. The number of hydrogen-bond acceptors (Lipinski definition) is 2. The standard InChI is InChI=1S/C19H21NO2/c1-3-4-14-18(21)20-19(15-10-6-5-7-11-15)16-12-8-9-13-17(16)22-2/h3,5-13,19H,1,4,14H2,2H3,(H,20,21). The SMILES string of the molecule is C=CCCC(=O)NC(c1ccccc1)c1ccccc1OC. The maximum absolute atomic E-state index is 12.2. The van der Waals surface area contributed by atoms with E-state index in [2.05, 4.69) is 11.9 Å². The zero-order valence-corrected chi connectivity index (χ0v) is 12.8. The minimum atomic E-state index is -0.227. The van der Waals surface area contributed by atoms with E-state index in [1.54, 1.807) is 13.2 Å². The van der Waals surface area contributed by atoms with Crippen molar-refractivity contribution in [3.63, 3.8) is 0 Å². The second-order valence-corrected chi connectivity index (χ2v) is 4.98. The molecule has 0 aliphatic carbocycles. The van der Waals surface area contributed by atoms with Crippen LogP contribution < -0.4 is 10.1 Å². The number of amides is 1. The van der Waals surface area contributed by atoms with E-state index in [1.165, 1.54) is 0 Å². The highest BCUT2D eigenvalue weighted by Crippen LogP contribution is 2.29. The summed E-state index contributed by atoms with van der Waals surface area (Å²) in [6.45, 7) is 3.66. The fourth-order valence-electron chi connectivity index (χ4n) is 2.36. The molecule has 1 unspecified atom stereocenters. The minimum absolute atomic E-state index is 0.000316. The summed E-state index contributed by atoms with van der Waals surface area (Å²) in [6.07, 6.45) is 2.85. The van der Waals surface area contributed by atoms with E-state index in [0.717, 1.165) is 16.9 Å². The Bertz CT molecular complexity index is 622. The average Bonchev–Trinajstić information content (AvgIpc) is 2.58. The van der Waals surface area contributed by atoms with Gasteiger partial charge >= 0.3 is 0 Å². The molecule has 0 aliphatic heterocycles. The van der Waals surface area contributed by atoms with Crippen molar-refractivity contribution in [2.45, 2.75) is 18.9 Å². The fraction of sp³-hybridized carbons (Fsp3) is 0.211. The molecule has 2 aromatic carbocycles. The first-order valence-electron chi connectivity index (χ1n) is 7.34. The Morgan fingerprint density at radius 1 is 1.18 bits per heavy atom. The third-order valence-corrected chi connectivity index (χ3v) is 3.46. The second-order valence-electron chi connectivity index (χ2n) is 4.98. The van der Waals surface area contributed by atoms with E-state index in [4.69, 9.17) is 4.74 Å². The molecule has 3 nitrogen and oxygen atoms in total. The summed E-state index contributed by atoms with van der Waals surface area (Å²) >= 11 is 0. The van der Waals surface area contributed by atoms with Crippen LogP contribution in [0.1, 0.15) is 30.0 Å². The molecule has 0 aromatic heterocycles. The molecule has 0 spiro atoms. The number of hydrogen-bond donors (Lipinski definition) is 1. The van der Waals surface area contributed by atoms with Crippen LogP contribution in [0.4, 0.5) is 0 Å². The number of para-hydroxylation sites is 1. The summed E-state index contributed by atoms with van der Waals surface area (Å²) in [5, 5.41) is 3.09. The number of carbonyl (C=O) groups excluding carboxylic acids is 1. The van der Waals surface area contributed by atoms with Crippen molar-refractivity contribution in [2.75, 3.05) is 7.11 Å². The van der Waals surface area contributed by atoms with Crippen molar-refractivity contribution in [2.24, 2.45) is 0 Å². The Morgan fingerprint density at radius 2 is 1.86 bits per heavy atom. The van der Waals surface area contributed by atoms with Crippen LogP contribution in [0.15, 0.2) is 67.3 Å². The van der Waals surface area contributed by atoms with E-state index in [-0.39, 0.29) is 11.9 Å². The Morgan fingerprint density at radius 3 is 2.55 bits per heavy atom. The lowest BCUT2D eigenvalue weighted by Gasteiger charge is -2.22. The van der Waals surface area contributed by atoms with Gasteiger partial charge in [0.05, 0.1) is 13.2 Å². The van der Waals surface area contributed by atoms with Crippen LogP contribution in [0.2, 0.25) is 0 Å². The number of allylic oxidation sites excluding steroid dienone is 1. The van der Waals surface area contributed by atoms with Gasteiger partial charge in [-0.2, -0.15) is 0 Å². The number of benzene rings is 2. The molecule has 0 bridgehead atoms. The van der Waals surface area contributed by atoms with Gasteiger partial charge in [-0.15, -0.1) is 6.58 Å². The van der Waals surface area contributed by atoms with Crippen molar-refractivity contribution in [1.29, 1.82) is 0 Å². The Kier molecular flexibility index (Phi) is 5.78. The molecule has 0 radical (unpaired) electrons. The Balaban J connectivity index is 2.33. The number of rotatable bonds is 7. The van der Waals surface area contributed by atoms with Gasteiger partial charge in [-0.1, -0.05) is 54.6 Å². The number of carbonyl (C=O) groups is 1. The van der Waals surface area contributed by atoms with Crippen molar-refractivity contribution in [3.05, 3.63) is 78.4 Å². The predicted octanol–water partition coefficient (Wildman–Crippen LogP) is 3.87. The van der Waals surface area contributed by atoms with E-state index in [9.17, 15) is 4.79 Å². The summed E-state index contributed by atoms with van der Waals surface area (Å²) < 4.78 is 5.44. The van der Waals surface area contributed by atoms with Crippen LogP contribution in [0, 0.1) is 0 Å². The fourth-order valence-corrected chi connectivity index (χ4v) is 2.36.